The highest BCUT2D eigenvalue weighted by atomic mass is 16.5. The summed E-state index contributed by atoms with van der Waals surface area (Å²) in [5.74, 6) is 1.83. The smallest absolute Gasteiger partial charge is 0.135 e. The Morgan fingerprint density at radius 1 is 0.425 bits per heavy atom. The van der Waals surface area contributed by atoms with Crippen molar-refractivity contribution in [1.82, 2.24) is 4.57 Å². The van der Waals surface area contributed by atoms with Crippen LogP contribution in [-0.2, 0) is 0 Å². The predicted octanol–water partition coefficient (Wildman–Crippen LogP) is 10.5. The second kappa shape index (κ2) is 8.08. The van der Waals surface area contributed by atoms with E-state index in [9.17, 15) is 0 Å². The molecule has 0 bridgehead atoms. The molecule has 0 N–H and O–H groups in total. The Labute approximate surface area is 231 Å². The Balaban J connectivity index is 1.32. The summed E-state index contributed by atoms with van der Waals surface area (Å²) >= 11 is 0. The molecule has 1 aromatic heterocycles. The van der Waals surface area contributed by atoms with Crippen LogP contribution in [0.15, 0.2) is 140 Å². The van der Waals surface area contributed by atoms with Gasteiger partial charge in [-0.25, -0.2) is 0 Å². The molecule has 2 heterocycles. The maximum absolute atomic E-state index is 6.38. The zero-order valence-corrected chi connectivity index (χ0v) is 21.6. The molecule has 40 heavy (non-hydrogen) atoms. The molecule has 2 nitrogen and oxygen atoms in total. The summed E-state index contributed by atoms with van der Waals surface area (Å²) in [7, 11) is 0. The second-order valence-electron chi connectivity index (χ2n) is 10.6. The number of benzene rings is 7. The molecule has 2 heteroatoms. The van der Waals surface area contributed by atoms with Gasteiger partial charge in [0.15, 0.2) is 0 Å². The Hall–Kier alpha value is -5.34. The van der Waals surface area contributed by atoms with Crippen LogP contribution in [0.1, 0.15) is 0 Å². The van der Waals surface area contributed by atoms with Gasteiger partial charge in [-0.3, -0.25) is 0 Å². The molecular formula is C38H23NO. The fourth-order valence-corrected chi connectivity index (χ4v) is 6.58. The molecule has 186 valence electrons. The molecule has 9 rings (SSSR count). The van der Waals surface area contributed by atoms with E-state index in [2.05, 4.69) is 144 Å². The van der Waals surface area contributed by atoms with Crippen molar-refractivity contribution in [2.75, 3.05) is 0 Å². The first-order valence-corrected chi connectivity index (χ1v) is 13.7. The summed E-state index contributed by atoms with van der Waals surface area (Å²) in [6.07, 6.45) is 0. The molecule has 0 atom stereocenters. The van der Waals surface area contributed by atoms with Crippen molar-refractivity contribution in [3.63, 3.8) is 0 Å². The first-order valence-electron chi connectivity index (χ1n) is 13.7. The van der Waals surface area contributed by atoms with Crippen LogP contribution in [0.3, 0.4) is 0 Å². The summed E-state index contributed by atoms with van der Waals surface area (Å²) < 4.78 is 8.77. The van der Waals surface area contributed by atoms with Gasteiger partial charge in [0.2, 0.25) is 0 Å². The van der Waals surface area contributed by atoms with Gasteiger partial charge in [-0.05, 0) is 81.4 Å². The molecule has 1 aliphatic heterocycles. The van der Waals surface area contributed by atoms with E-state index in [1.54, 1.807) is 0 Å². The molecule has 7 aromatic carbocycles. The van der Waals surface area contributed by atoms with Crippen LogP contribution in [0.2, 0.25) is 0 Å². The topological polar surface area (TPSA) is 14.2 Å². The molecule has 0 unspecified atom stereocenters. The Kier molecular flexibility index (Phi) is 4.36. The molecule has 0 aliphatic carbocycles. The lowest BCUT2D eigenvalue weighted by atomic mass is 9.91. The summed E-state index contributed by atoms with van der Waals surface area (Å²) in [5.41, 5.74) is 8.37. The molecule has 0 fully saturated rings. The van der Waals surface area contributed by atoms with Crippen LogP contribution < -0.4 is 4.74 Å². The fraction of sp³-hybridized carbons (Fsp3) is 0. The zero-order chi connectivity index (χ0) is 26.2. The maximum Gasteiger partial charge on any atom is 0.135 e. The number of rotatable bonds is 2. The van der Waals surface area contributed by atoms with E-state index in [1.807, 2.05) is 0 Å². The maximum atomic E-state index is 6.38. The summed E-state index contributed by atoms with van der Waals surface area (Å²) in [6.45, 7) is 0. The zero-order valence-electron chi connectivity index (χ0n) is 21.6. The lowest BCUT2D eigenvalue weighted by Gasteiger charge is -2.22. The number of hydrogen-bond acceptors (Lipinski definition) is 1. The van der Waals surface area contributed by atoms with Gasteiger partial charge in [-0.2, -0.15) is 0 Å². The SMILES string of the molecule is c1ccc(-n2c3ccccc3c3cc4cccc(-c5ccc6c(c5)-c5cccc7cccc(c57)O6)c4cc32)cc1. The van der Waals surface area contributed by atoms with Gasteiger partial charge in [-0.1, -0.05) is 91.0 Å². The summed E-state index contributed by atoms with van der Waals surface area (Å²) in [4.78, 5) is 0. The quantitative estimate of drug-likeness (QED) is 0.226. The van der Waals surface area contributed by atoms with Crippen LogP contribution in [0.25, 0.3) is 71.3 Å². The van der Waals surface area contributed by atoms with Gasteiger partial charge in [0, 0.05) is 27.4 Å². The summed E-state index contributed by atoms with van der Waals surface area (Å²) in [5, 5.41) is 7.40. The number of fused-ring (bicyclic) bond motifs is 6. The highest BCUT2D eigenvalue weighted by molar-refractivity contribution is 6.15. The van der Waals surface area contributed by atoms with Crippen molar-refractivity contribution in [1.29, 1.82) is 0 Å². The van der Waals surface area contributed by atoms with Gasteiger partial charge < -0.3 is 9.30 Å². The van der Waals surface area contributed by atoms with E-state index in [0.29, 0.717) is 0 Å². The standard InChI is InChI=1S/C38H23NO/c1-2-12-27(13-3-1)39-34-17-5-4-14-29(34)32-21-25-11-7-15-28(31(25)23-35(32)39)26-19-20-36-33(22-26)30-16-6-9-24-10-8-18-37(40-36)38(24)30/h1-23H. The van der Waals surface area contributed by atoms with Crippen molar-refractivity contribution in [2.45, 2.75) is 0 Å². The van der Waals surface area contributed by atoms with E-state index in [1.165, 1.54) is 65.7 Å². The molecule has 0 radical (unpaired) electrons. The Morgan fingerprint density at radius 2 is 1.20 bits per heavy atom. The van der Waals surface area contributed by atoms with Crippen LogP contribution in [-0.4, -0.2) is 4.57 Å². The normalized spacial score (nSPS) is 12.2. The van der Waals surface area contributed by atoms with Crippen molar-refractivity contribution in [2.24, 2.45) is 0 Å². The van der Waals surface area contributed by atoms with E-state index >= 15 is 0 Å². The lowest BCUT2D eigenvalue weighted by Crippen LogP contribution is -1.97. The average molecular weight is 510 g/mol. The monoisotopic (exact) mass is 509 g/mol. The number of hydrogen-bond donors (Lipinski definition) is 0. The van der Waals surface area contributed by atoms with Crippen molar-refractivity contribution in [3.8, 4) is 39.4 Å². The van der Waals surface area contributed by atoms with E-state index in [4.69, 9.17) is 4.74 Å². The highest BCUT2D eigenvalue weighted by Gasteiger charge is 2.21. The number of aromatic nitrogens is 1. The van der Waals surface area contributed by atoms with Gasteiger partial charge in [-0.15, -0.1) is 0 Å². The van der Waals surface area contributed by atoms with E-state index in [0.717, 1.165) is 17.1 Å². The minimum atomic E-state index is 0.904. The van der Waals surface area contributed by atoms with Gasteiger partial charge in [0.25, 0.3) is 0 Å². The van der Waals surface area contributed by atoms with Gasteiger partial charge in [0.05, 0.1) is 11.0 Å². The lowest BCUT2D eigenvalue weighted by molar-refractivity contribution is 0.487. The van der Waals surface area contributed by atoms with Crippen molar-refractivity contribution in [3.05, 3.63) is 140 Å². The number of ether oxygens (including phenoxy) is 1. The van der Waals surface area contributed by atoms with Crippen LogP contribution >= 0.6 is 0 Å². The third kappa shape index (κ3) is 2.99. The molecule has 0 amide bonds. The first kappa shape index (κ1) is 21.6. The second-order valence-corrected chi connectivity index (χ2v) is 10.6. The van der Waals surface area contributed by atoms with Crippen molar-refractivity contribution >= 4 is 43.4 Å². The Bertz CT molecular complexity index is 2290. The molecule has 8 aromatic rings. The average Bonchev–Trinajstić information content (AvgIpc) is 3.33. The number of nitrogens with zero attached hydrogens (tertiary/aromatic N) is 1. The van der Waals surface area contributed by atoms with E-state index in [-0.39, 0.29) is 0 Å². The summed E-state index contributed by atoms with van der Waals surface area (Å²) in [6, 6.07) is 50.1. The fourth-order valence-electron chi connectivity index (χ4n) is 6.58. The number of para-hydroxylation sites is 2. The van der Waals surface area contributed by atoms with Crippen molar-refractivity contribution < 1.29 is 4.74 Å². The van der Waals surface area contributed by atoms with Crippen LogP contribution in [0.4, 0.5) is 0 Å². The molecular weight excluding hydrogens is 486 g/mol. The third-order valence-corrected chi connectivity index (χ3v) is 8.35. The minimum absolute atomic E-state index is 0.904. The molecule has 0 saturated carbocycles. The Morgan fingerprint density at radius 3 is 2.10 bits per heavy atom. The molecule has 0 spiro atoms. The van der Waals surface area contributed by atoms with Crippen LogP contribution in [0, 0.1) is 0 Å². The molecule has 0 saturated heterocycles. The van der Waals surface area contributed by atoms with E-state index < -0.39 is 0 Å². The molecule has 1 aliphatic rings. The highest BCUT2D eigenvalue weighted by Crippen LogP contribution is 2.48. The minimum Gasteiger partial charge on any atom is -0.456 e. The van der Waals surface area contributed by atoms with Gasteiger partial charge in [0.1, 0.15) is 11.5 Å². The van der Waals surface area contributed by atoms with Crippen LogP contribution in [0.5, 0.6) is 11.5 Å². The van der Waals surface area contributed by atoms with Gasteiger partial charge >= 0.3 is 0 Å². The third-order valence-electron chi connectivity index (χ3n) is 8.35. The predicted molar refractivity (Wildman–Crippen MR) is 167 cm³/mol. The first-order chi connectivity index (χ1) is 19.8. The largest absolute Gasteiger partial charge is 0.456 e.